The summed E-state index contributed by atoms with van der Waals surface area (Å²) < 4.78 is 48.7. The minimum absolute atomic E-state index is 0.0909. The molecule has 0 saturated carbocycles. The van der Waals surface area contributed by atoms with E-state index in [0.29, 0.717) is 18.1 Å². The van der Waals surface area contributed by atoms with E-state index in [2.05, 4.69) is 20.3 Å². The molecule has 12 heteroatoms. The number of carbonyl (C=O) groups excluding carboxylic acids is 1. The third kappa shape index (κ3) is 7.05. The van der Waals surface area contributed by atoms with Gasteiger partial charge in [0.2, 0.25) is 5.89 Å². The highest BCUT2D eigenvalue weighted by Gasteiger charge is 2.39. The first-order chi connectivity index (χ1) is 17.0. The first kappa shape index (κ1) is 28.8. The number of anilines is 1. The highest BCUT2D eigenvalue weighted by molar-refractivity contribution is 5.95. The lowest BCUT2D eigenvalue weighted by Gasteiger charge is -2.24. The van der Waals surface area contributed by atoms with Crippen LogP contribution in [0.5, 0.6) is 0 Å². The number of rotatable bonds is 9. The van der Waals surface area contributed by atoms with Crippen LogP contribution in [0.2, 0.25) is 0 Å². The maximum atomic E-state index is 13.9. The number of hydrogen-bond acceptors (Lipinski definition) is 7. The zero-order chi connectivity index (χ0) is 27.0. The summed E-state index contributed by atoms with van der Waals surface area (Å²) >= 11 is 0. The molecule has 0 radical (unpaired) electrons. The van der Waals surface area contributed by atoms with Crippen LogP contribution in [0.1, 0.15) is 87.4 Å². The van der Waals surface area contributed by atoms with Crippen molar-refractivity contribution in [2.24, 2.45) is 0 Å². The van der Waals surface area contributed by atoms with E-state index in [1.807, 2.05) is 34.6 Å². The van der Waals surface area contributed by atoms with E-state index >= 15 is 0 Å². The van der Waals surface area contributed by atoms with Crippen LogP contribution in [0, 0.1) is 6.92 Å². The summed E-state index contributed by atoms with van der Waals surface area (Å²) in [7, 11) is 0. The number of nitrogens with zero attached hydrogens (tertiary/aromatic N) is 6. The number of halogens is 3. The lowest BCUT2D eigenvalue weighted by atomic mass is 10.1. The molecule has 0 saturated heterocycles. The van der Waals surface area contributed by atoms with E-state index < -0.39 is 23.3 Å². The molecule has 0 unspecified atom stereocenters. The van der Waals surface area contributed by atoms with Crippen LogP contribution in [0.25, 0.3) is 11.6 Å². The van der Waals surface area contributed by atoms with Gasteiger partial charge in [0.1, 0.15) is 5.69 Å². The van der Waals surface area contributed by atoms with Crippen LogP contribution in [-0.4, -0.2) is 42.3 Å². The third-order valence-corrected chi connectivity index (χ3v) is 5.16. The topological polar surface area (TPSA) is 116 Å². The van der Waals surface area contributed by atoms with Gasteiger partial charge in [-0.25, -0.2) is 4.98 Å². The molecule has 0 aliphatic heterocycles. The zero-order valence-electron chi connectivity index (χ0n) is 21.6. The number of pyridine rings is 1. The first-order valence-corrected chi connectivity index (χ1v) is 12.0. The average Bonchev–Trinajstić information content (AvgIpc) is 3.48. The van der Waals surface area contributed by atoms with Crippen LogP contribution < -0.4 is 5.73 Å². The van der Waals surface area contributed by atoms with E-state index in [-0.39, 0.29) is 42.3 Å². The molecule has 0 aliphatic rings. The zero-order valence-corrected chi connectivity index (χ0v) is 21.6. The Morgan fingerprint density at radius 2 is 1.92 bits per heavy atom. The van der Waals surface area contributed by atoms with Crippen molar-refractivity contribution in [3.8, 4) is 11.6 Å². The maximum Gasteiger partial charge on any atom is 0.418 e. The molecule has 3 rings (SSSR count). The van der Waals surface area contributed by atoms with Gasteiger partial charge in [-0.05, 0) is 26.3 Å². The summed E-state index contributed by atoms with van der Waals surface area (Å²) in [5, 5.41) is 11.7. The van der Waals surface area contributed by atoms with Gasteiger partial charge in [-0.1, -0.05) is 33.6 Å². The summed E-state index contributed by atoms with van der Waals surface area (Å²) in [6, 6.07) is 0.796. The molecule has 0 spiro atoms. The number of aromatic nitrogens is 5. The fraction of sp³-hybridized carbons (Fsp3) is 0.542. The Hall–Kier alpha value is -3.44. The van der Waals surface area contributed by atoms with Crippen LogP contribution in [0.3, 0.4) is 0 Å². The Morgan fingerprint density at radius 3 is 2.44 bits per heavy atom. The van der Waals surface area contributed by atoms with Gasteiger partial charge in [0.05, 0.1) is 17.4 Å². The normalized spacial score (nSPS) is 11.4. The van der Waals surface area contributed by atoms with Crippen molar-refractivity contribution in [2.75, 3.05) is 12.3 Å². The Bertz CT molecular complexity index is 1140. The van der Waals surface area contributed by atoms with Gasteiger partial charge in [0, 0.05) is 37.8 Å². The second-order valence-electron chi connectivity index (χ2n) is 8.30. The quantitative estimate of drug-likeness (QED) is 0.369. The van der Waals surface area contributed by atoms with Crippen LogP contribution >= 0.6 is 0 Å². The molecule has 3 heterocycles. The standard InChI is InChI=1S/C22H28F3N7O2.C2H6/c1-5-6-7-8-31(11-15-10-27-32(12-15)13(2)3)21(33)18-16(22(23,24)25)9-17(26)19(28-18)20-30-29-14(4)34-20;1-2/h9-10,12-13H,5-8,11,26H2,1-4H3;1-2H3. The summed E-state index contributed by atoms with van der Waals surface area (Å²) in [5.74, 6) is -0.834. The average molecular weight is 510 g/mol. The SMILES string of the molecule is CC.CCCCCN(Cc1cnn(C(C)C)c1)C(=O)c1nc(-c2nnc(C)o2)c(N)cc1C(F)(F)F. The summed E-state index contributed by atoms with van der Waals surface area (Å²) in [6.07, 6.45) is 0.886. The largest absolute Gasteiger partial charge is 0.420 e. The minimum Gasteiger partial charge on any atom is -0.420 e. The smallest absolute Gasteiger partial charge is 0.418 e. The second kappa shape index (κ2) is 12.5. The third-order valence-electron chi connectivity index (χ3n) is 5.16. The van der Waals surface area contributed by atoms with Crippen molar-refractivity contribution in [3.05, 3.63) is 41.2 Å². The van der Waals surface area contributed by atoms with Crippen molar-refractivity contribution in [2.45, 2.75) is 79.6 Å². The molecule has 3 aromatic rings. The van der Waals surface area contributed by atoms with E-state index in [0.717, 1.165) is 12.8 Å². The predicted octanol–water partition coefficient (Wildman–Crippen LogP) is 5.68. The van der Waals surface area contributed by atoms with Crippen molar-refractivity contribution in [1.29, 1.82) is 0 Å². The monoisotopic (exact) mass is 509 g/mol. The molecule has 36 heavy (non-hydrogen) atoms. The Kier molecular flexibility index (Phi) is 10.00. The van der Waals surface area contributed by atoms with Crippen molar-refractivity contribution < 1.29 is 22.4 Å². The molecular formula is C24H34F3N7O2. The van der Waals surface area contributed by atoms with E-state index in [1.165, 1.54) is 11.8 Å². The van der Waals surface area contributed by atoms with Gasteiger partial charge in [-0.2, -0.15) is 18.3 Å². The molecule has 3 aromatic heterocycles. The number of nitrogen functional groups attached to an aromatic ring is 1. The number of aryl methyl sites for hydroxylation is 1. The lowest BCUT2D eigenvalue weighted by Crippen LogP contribution is -2.34. The number of carbonyl (C=O) groups is 1. The van der Waals surface area contributed by atoms with Crippen molar-refractivity contribution >= 4 is 11.6 Å². The van der Waals surface area contributed by atoms with Crippen LogP contribution in [0.15, 0.2) is 22.9 Å². The molecule has 0 atom stereocenters. The molecule has 2 N–H and O–H groups in total. The molecule has 198 valence electrons. The lowest BCUT2D eigenvalue weighted by molar-refractivity contribution is -0.138. The van der Waals surface area contributed by atoms with Crippen molar-refractivity contribution in [3.63, 3.8) is 0 Å². The number of amides is 1. The highest BCUT2D eigenvalue weighted by atomic mass is 19.4. The predicted molar refractivity (Wildman–Crippen MR) is 130 cm³/mol. The number of nitrogens with two attached hydrogens (primary N) is 1. The van der Waals surface area contributed by atoms with Gasteiger partial charge in [-0.3, -0.25) is 9.48 Å². The highest BCUT2D eigenvalue weighted by Crippen LogP contribution is 2.36. The molecule has 0 fully saturated rings. The maximum absolute atomic E-state index is 13.9. The molecule has 0 aliphatic carbocycles. The van der Waals surface area contributed by atoms with E-state index in [4.69, 9.17) is 10.2 Å². The molecule has 9 nitrogen and oxygen atoms in total. The van der Waals surface area contributed by atoms with Gasteiger partial charge in [0.25, 0.3) is 11.8 Å². The summed E-state index contributed by atoms with van der Waals surface area (Å²) in [5.41, 5.74) is 4.07. The fourth-order valence-corrected chi connectivity index (χ4v) is 3.39. The fourth-order valence-electron chi connectivity index (χ4n) is 3.39. The number of unbranched alkanes of at least 4 members (excludes halogenated alkanes) is 2. The van der Waals surface area contributed by atoms with Crippen LogP contribution in [0.4, 0.5) is 18.9 Å². The number of hydrogen-bond donors (Lipinski definition) is 1. The summed E-state index contributed by atoms with van der Waals surface area (Å²) in [6.45, 7) is 11.8. The van der Waals surface area contributed by atoms with E-state index in [9.17, 15) is 18.0 Å². The van der Waals surface area contributed by atoms with Crippen molar-refractivity contribution in [1.82, 2.24) is 29.9 Å². The Labute approximate surface area is 208 Å². The summed E-state index contributed by atoms with van der Waals surface area (Å²) in [4.78, 5) is 18.8. The van der Waals surface area contributed by atoms with Gasteiger partial charge >= 0.3 is 6.18 Å². The minimum atomic E-state index is -4.84. The van der Waals surface area contributed by atoms with Gasteiger partial charge < -0.3 is 15.1 Å². The molecule has 0 aromatic carbocycles. The molecule has 1 amide bonds. The second-order valence-corrected chi connectivity index (χ2v) is 8.30. The van der Waals surface area contributed by atoms with Gasteiger partial charge in [0.15, 0.2) is 5.69 Å². The Morgan fingerprint density at radius 1 is 1.22 bits per heavy atom. The van der Waals surface area contributed by atoms with Crippen LogP contribution in [-0.2, 0) is 12.7 Å². The van der Waals surface area contributed by atoms with E-state index in [1.54, 1.807) is 17.1 Å². The number of alkyl halides is 3. The Balaban J connectivity index is 0.00000222. The molecule has 0 bridgehead atoms. The molecular weight excluding hydrogens is 475 g/mol. The first-order valence-electron chi connectivity index (χ1n) is 12.0. The van der Waals surface area contributed by atoms with Gasteiger partial charge in [-0.15, -0.1) is 10.2 Å².